The molecule has 100 valence electrons. The van der Waals surface area contributed by atoms with E-state index in [1.54, 1.807) is 0 Å². The zero-order valence-corrected chi connectivity index (χ0v) is 11.5. The smallest absolute Gasteiger partial charge is 0.128 e. The highest BCUT2D eigenvalue weighted by molar-refractivity contribution is 5.38. The first-order chi connectivity index (χ1) is 9.29. The van der Waals surface area contributed by atoms with Crippen LogP contribution in [0.3, 0.4) is 0 Å². The van der Waals surface area contributed by atoms with Gasteiger partial charge in [0.05, 0.1) is 17.9 Å². The minimum absolute atomic E-state index is 0.762. The van der Waals surface area contributed by atoms with Crippen molar-refractivity contribution < 1.29 is 0 Å². The zero-order valence-electron chi connectivity index (χ0n) is 11.5. The van der Waals surface area contributed by atoms with Crippen LogP contribution in [-0.4, -0.2) is 23.6 Å². The highest BCUT2D eigenvalue weighted by Crippen LogP contribution is 2.12. The summed E-state index contributed by atoms with van der Waals surface area (Å²) >= 11 is 0. The molecule has 19 heavy (non-hydrogen) atoms. The first-order valence-corrected chi connectivity index (χ1v) is 6.57. The quantitative estimate of drug-likeness (QED) is 0.860. The fourth-order valence-electron chi connectivity index (χ4n) is 1.85. The van der Waals surface area contributed by atoms with Crippen LogP contribution in [-0.2, 0) is 13.1 Å². The predicted octanol–water partition coefficient (Wildman–Crippen LogP) is 2.22. The molecule has 0 radical (unpaired) electrons. The van der Waals surface area contributed by atoms with Gasteiger partial charge in [-0.05, 0) is 30.8 Å². The van der Waals surface area contributed by atoms with E-state index in [9.17, 15) is 0 Å². The minimum atomic E-state index is 0.762. The maximum atomic E-state index is 4.64. The fraction of sp³-hybridized carbons (Fsp3) is 0.333. The van der Waals surface area contributed by atoms with Crippen LogP contribution in [0, 0.1) is 0 Å². The molecule has 4 heteroatoms. The first-order valence-electron chi connectivity index (χ1n) is 6.57. The third-order valence-electron chi connectivity index (χ3n) is 2.86. The Morgan fingerprint density at radius 1 is 1.11 bits per heavy atom. The number of nitrogens with one attached hydrogen (secondary N) is 1. The summed E-state index contributed by atoms with van der Waals surface area (Å²) in [6.45, 7) is 4.62. The van der Waals surface area contributed by atoms with Gasteiger partial charge >= 0.3 is 0 Å². The van der Waals surface area contributed by atoms with Gasteiger partial charge in [0.1, 0.15) is 5.82 Å². The van der Waals surface area contributed by atoms with Gasteiger partial charge in [-0.1, -0.05) is 19.1 Å². The van der Waals surface area contributed by atoms with Crippen LogP contribution < -0.4 is 10.2 Å². The maximum Gasteiger partial charge on any atom is 0.128 e. The minimum Gasteiger partial charge on any atom is -0.354 e. The molecule has 4 nitrogen and oxygen atoms in total. The van der Waals surface area contributed by atoms with E-state index < -0.39 is 0 Å². The molecule has 2 aromatic heterocycles. The number of anilines is 1. The molecule has 1 N–H and O–H groups in total. The van der Waals surface area contributed by atoms with Crippen molar-refractivity contribution in [1.29, 1.82) is 0 Å². The van der Waals surface area contributed by atoms with Crippen molar-refractivity contribution in [3.05, 3.63) is 54.0 Å². The van der Waals surface area contributed by atoms with E-state index >= 15 is 0 Å². The first kappa shape index (κ1) is 13.5. The number of rotatable bonds is 6. The molecule has 0 atom stereocenters. The Balaban J connectivity index is 2.04. The lowest BCUT2D eigenvalue weighted by Gasteiger charge is -2.18. The molecule has 0 amide bonds. The molecule has 0 fully saturated rings. The highest BCUT2D eigenvalue weighted by atomic mass is 15.2. The van der Waals surface area contributed by atoms with E-state index in [1.807, 2.05) is 49.6 Å². The lowest BCUT2D eigenvalue weighted by molar-refractivity contribution is 0.708. The summed E-state index contributed by atoms with van der Waals surface area (Å²) in [6.07, 6.45) is 1.82. The molecule has 0 saturated heterocycles. The number of pyridine rings is 2. The van der Waals surface area contributed by atoms with Crippen LogP contribution in [0.1, 0.15) is 18.3 Å². The number of hydrogen-bond donors (Lipinski definition) is 1. The lowest BCUT2D eigenvalue weighted by Crippen LogP contribution is -2.20. The Morgan fingerprint density at radius 2 is 1.95 bits per heavy atom. The Kier molecular flexibility index (Phi) is 4.86. The summed E-state index contributed by atoms with van der Waals surface area (Å²) in [6, 6.07) is 12.1. The average molecular weight is 256 g/mol. The fourth-order valence-corrected chi connectivity index (χ4v) is 1.85. The highest BCUT2D eigenvalue weighted by Gasteiger charge is 2.05. The molecule has 0 spiro atoms. The summed E-state index contributed by atoms with van der Waals surface area (Å²) in [5.74, 6) is 0.973. The standard InChI is InChI=1S/C15H20N4/c1-3-16-11-13-8-6-9-15(18-13)19(2)12-14-7-4-5-10-17-14/h4-10,16H,3,11-12H2,1-2H3. The van der Waals surface area contributed by atoms with Crippen LogP contribution in [0.2, 0.25) is 0 Å². The molecular formula is C15H20N4. The van der Waals surface area contributed by atoms with Gasteiger partial charge in [-0.25, -0.2) is 4.98 Å². The SMILES string of the molecule is CCNCc1cccc(N(C)Cc2ccccn2)n1. The van der Waals surface area contributed by atoms with E-state index in [2.05, 4.69) is 27.1 Å². The number of hydrogen-bond acceptors (Lipinski definition) is 4. The van der Waals surface area contributed by atoms with Gasteiger partial charge in [0, 0.05) is 19.8 Å². The molecule has 2 aromatic rings. The third kappa shape index (κ3) is 4.03. The van der Waals surface area contributed by atoms with Crippen molar-refractivity contribution in [1.82, 2.24) is 15.3 Å². The average Bonchev–Trinajstić information content (AvgIpc) is 2.46. The normalized spacial score (nSPS) is 10.4. The van der Waals surface area contributed by atoms with E-state index in [0.29, 0.717) is 0 Å². The van der Waals surface area contributed by atoms with Gasteiger partial charge < -0.3 is 10.2 Å². The van der Waals surface area contributed by atoms with Crippen LogP contribution in [0.25, 0.3) is 0 Å². The molecule has 2 rings (SSSR count). The van der Waals surface area contributed by atoms with Gasteiger partial charge in [-0.3, -0.25) is 4.98 Å². The van der Waals surface area contributed by atoms with E-state index in [-0.39, 0.29) is 0 Å². The van der Waals surface area contributed by atoms with Crippen molar-refractivity contribution >= 4 is 5.82 Å². The van der Waals surface area contributed by atoms with Crippen LogP contribution in [0.5, 0.6) is 0 Å². The molecule has 0 saturated carbocycles. The maximum absolute atomic E-state index is 4.64. The lowest BCUT2D eigenvalue weighted by atomic mass is 10.3. The van der Waals surface area contributed by atoms with Gasteiger partial charge in [-0.15, -0.1) is 0 Å². The van der Waals surface area contributed by atoms with Crippen molar-refractivity contribution in [2.24, 2.45) is 0 Å². The molecule has 0 bridgehead atoms. The van der Waals surface area contributed by atoms with Gasteiger partial charge in [-0.2, -0.15) is 0 Å². The summed E-state index contributed by atoms with van der Waals surface area (Å²) < 4.78 is 0. The summed E-state index contributed by atoms with van der Waals surface area (Å²) in [7, 11) is 2.04. The predicted molar refractivity (Wildman–Crippen MR) is 78.0 cm³/mol. The Bertz CT molecular complexity index is 499. The van der Waals surface area contributed by atoms with E-state index in [0.717, 1.165) is 36.8 Å². The van der Waals surface area contributed by atoms with E-state index in [1.165, 1.54) is 0 Å². The monoisotopic (exact) mass is 256 g/mol. The third-order valence-corrected chi connectivity index (χ3v) is 2.86. The van der Waals surface area contributed by atoms with Crippen molar-refractivity contribution in [2.45, 2.75) is 20.0 Å². The van der Waals surface area contributed by atoms with Gasteiger partial charge in [0.25, 0.3) is 0 Å². The Morgan fingerprint density at radius 3 is 2.68 bits per heavy atom. The van der Waals surface area contributed by atoms with Crippen molar-refractivity contribution in [3.8, 4) is 0 Å². The summed E-state index contributed by atoms with van der Waals surface area (Å²) in [5, 5.41) is 3.29. The molecular weight excluding hydrogens is 236 g/mol. The number of nitrogens with zero attached hydrogens (tertiary/aromatic N) is 3. The topological polar surface area (TPSA) is 41.0 Å². The second kappa shape index (κ2) is 6.85. The van der Waals surface area contributed by atoms with Crippen LogP contribution >= 0.6 is 0 Å². The zero-order chi connectivity index (χ0) is 13.5. The van der Waals surface area contributed by atoms with Crippen LogP contribution in [0.15, 0.2) is 42.6 Å². The molecule has 0 aliphatic carbocycles. The van der Waals surface area contributed by atoms with Crippen LogP contribution in [0.4, 0.5) is 5.82 Å². The molecule has 0 aliphatic heterocycles. The summed E-state index contributed by atoms with van der Waals surface area (Å²) in [4.78, 5) is 11.1. The molecule has 0 aliphatic rings. The van der Waals surface area contributed by atoms with Crippen molar-refractivity contribution in [2.75, 3.05) is 18.5 Å². The molecule has 2 heterocycles. The Labute approximate surface area is 114 Å². The van der Waals surface area contributed by atoms with Gasteiger partial charge in [0.2, 0.25) is 0 Å². The Hall–Kier alpha value is -1.94. The second-order valence-corrected chi connectivity index (χ2v) is 4.44. The summed E-state index contributed by atoms with van der Waals surface area (Å²) in [5.41, 5.74) is 2.11. The number of aromatic nitrogens is 2. The molecule has 0 unspecified atom stereocenters. The van der Waals surface area contributed by atoms with Crippen molar-refractivity contribution in [3.63, 3.8) is 0 Å². The largest absolute Gasteiger partial charge is 0.354 e. The molecule has 0 aromatic carbocycles. The second-order valence-electron chi connectivity index (χ2n) is 4.44. The van der Waals surface area contributed by atoms with E-state index in [4.69, 9.17) is 0 Å². The van der Waals surface area contributed by atoms with Gasteiger partial charge in [0.15, 0.2) is 0 Å².